The van der Waals surface area contributed by atoms with Crippen molar-refractivity contribution in [3.8, 4) is 0 Å². The summed E-state index contributed by atoms with van der Waals surface area (Å²) in [4.78, 5) is 20.0. The lowest BCUT2D eigenvalue weighted by Gasteiger charge is -2.40. The molecule has 2 amide bonds. The van der Waals surface area contributed by atoms with E-state index in [-0.39, 0.29) is 17.6 Å². The molecule has 1 N–H and O–H groups in total. The maximum atomic E-state index is 13.7. The highest BCUT2D eigenvalue weighted by atomic mass is 32.1. The van der Waals surface area contributed by atoms with Crippen LogP contribution in [0.3, 0.4) is 0 Å². The number of urea groups is 1. The molecule has 0 spiro atoms. The molecule has 0 saturated carbocycles. The highest BCUT2D eigenvalue weighted by Gasteiger charge is 2.32. The van der Waals surface area contributed by atoms with Crippen LogP contribution in [0.4, 0.5) is 18.7 Å². The number of anilines is 1. The predicted octanol–water partition coefficient (Wildman–Crippen LogP) is 1.80. The van der Waals surface area contributed by atoms with Gasteiger partial charge in [-0.1, -0.05) is 11.3 Å². The molecule has 6 nitrogen and oxygen atoms in total. The zero-order valence-electron chi connectivity index (χ0n) is 12.8. The molecule has 2 fully saturated rings. The molecule has 3 heterocycles. The molecule has 0 radical (unpaired) electrons. The summed E-state index contributed by atoms with van der Waals surface area (Å²) in [5.74, 6) is -1.25. The number of hydrogen-bond acceptors (Lipinski definition) is 5. The van der Waals surface area contributed by atoms with Crippen molar-refractivity contribution in [1.82, 2.24) is 15.2 Å². The molecular formula is C15H16F2N4O2S. The van der Waals surface area contributed by atoms with Gasteiger partial charge in [-0.2, -0.15) is 0 Å². The summed E-state index contributed by atoms with van der Waals surface area (Å²) < 4.78 is 32.7. The lowest BCUT2D eigenvalue weighted by molar-refractivity contribution is 0.0522. The molecule has 24 heavy (non-hydrogen) atoms. The minimum absolute atomic E-state index is 0.0361. The summed E-state index contributed by atoms with van der Waals surface area (Å²) >= 11 is 1.25. The van der Waals surface area contributed by atoms with Crippen molar-refractivity contribution < 1.29 is 18.3 Å². The SMILES string of the molecule is O=C(NC1CN(c2nc3c(F)cc(F)cc3s2)C1)N1CCOCC1. The van der Waals surface area contributed by atoms with Crippen LogP contribution in [0.25, 0.3) is 10.2 Å². The van der Waals surface area contributed by atoms with Crippen LogP contribution in [-0.2, 0) is 4.74 Å². The van der Waals surface area contributed by atoms with Crippen molar-refractivity contribution >= 4 is 32.7 Å². The molecule has 0 bridgehead atoms. The fourth-order valence-electron chi connectivity index (χ4n) is 2.84. The molecule has 4 rings (SSSR count). The number of carbonyl (C=O) groups is 1. The van der Waals surface area contributed by atoms with E-state index in [1.165, 1.54) is 17.4 Å². The van der Waals surface area contributed by atoms with Crippen molar-refractivity contribution in [2.75, 3.05) is 44.3 Å². The van der Waals surface area contributed by atoms with Gasteiger partial charge in [-0.05, 0) is 6.07 Å². The monoisotopic (exact) mass is 354 g/mol. The number of morpholine rings is 1. The number of nitrogens with zero attached hydrogens (tertiary/aromatic N) is 3. The Morgan fingerprint density at radius 3 is 2.79 bits per heavy atom. The number of nitrogens with one attached hydrogen (secondary N) is 1. The number of rotatable bonds is 2. The predicted molar refractivity (Wildman–Crippen MR) is 86.5 cm³/mol. The second kappa shape index (κ2) is 6.14. The van der Waals surface area contributed by atoms with E-state index in [4.69, 9.17) is 4.74 Å². The first-order valence-corrected chi connectivity index (χ1v) is 8.55. The van der Waals surface area contributed by atoms with Gasteiger partial charge in [0.05, 0.1) is 24.0 Å². The van der Waals surface area contributed by atoms with E-state index in [2.05, 4.69) is 10.3 Å². The Bertz CT molecular complexity index is 772. The van der Waals surface area contributed by atoms with E-state index in [1.807, 2.05) is 4.90 Å². The third-order valence-corrected chi connectivity index (χ3v) is 5.24. The third-order valence-electron chi connectivity index (χ3n) is 4.18. The zero-order chi connectivity index (χ0) is 16.7. The molecule has 2 aliphatic rings. The zero-order valence-corrected chi connectivity index (χ0v) is 13.6. The summed E-state index contributed by atoms with van der Waals surface area (Å²) in [6, 6.07) is 2.08. The standard InChI is InChI=1S/C15H16F2N4O2S/c16-9-5-11(17)13-12(6-9)24-15(19-13)21-7-10(8-21)18-14(22)20-1-3-23-4-2-20/h5-6,10H,1-4,7-8H2,(H,18,22). The molecule has 0 aliphatic carbocycles. The number of aromatic nitrogens is 1. The lowest BCUT2D eigenvalue weighted by Crippen LogP contribution is -2.62. The average Bonchev–Trinajstić information content (AvgIpc) is 2.94. The molecule has 0 atom stereocenters. The first-order valence-electron chi connectivity index (χ1n) is 7.74. The number of halogens is 2. The van der Waals surface area contributed by atoms with Gasteiger partial charge in [0, 0.05) is 32.2 Å². The molecule has 2 aromatic rings. The Morgan fingerprint density at radius 1 is 1.29 bits per heavy atom. The minimum atomic E-state index is -0.648. The van der Waals surface area contributed by atoms with Crippen molar-refractivity contribution in [2.45, 2.75) is 6.04 Å². The van der Waals surface area contributed by atoms with Gasteiger partial charge in [0.15, 0.2) is 10.9 Å². The van der Waals surface area contributed by atoms with Gasteiger partial charge in [-0.3, -0.25) is 0 Å². The Kier molecular flexibility index (Phi) is 3.97. The average molecular weight is 354 g/mol. The maximum Gasteiger partial charge on any atom is 0.317 e. The van der Waals surface area contributed by atoms with Gasteiger partial charge in [0.2, 0.25) is 0 Å². The van der Waals surface area contributed by atoms with Crippen LogP contribution < -0.4 is 10.2 Å². The second-order valence-corrected chi connectivity index (χ2v) is 6.89. The van der Waals surface area contributed by atoms with Crippen molar-refractivity contribution in [3.05, 3.63) is 23.8 Å². The van der Waals surface area contributed by atoms with Crippen LogP contribution in [-0.4, -0.2) is 61.3 Å². The highest BCUT2D eigenvalue weighted by molar-refractivity contribution is 7.22. The quantitative estimate of drug-likeness (QED) is 0.894. The molecular weight excluding hydrogens is 338 g/mol. The van der Waals surface area contributed by atoms with Crippen LogP contribution in [0.2, 0.25) is 0 Å². The van der Waals surface area contributed by atoms with E-state index >= 15 is 0 Å². The number of carbonyl (C=O) groups excluding carboxylic acids is 1. The lowest BCUT2D eigenvalue weighted by atomic mass is 10.1. The normalized spacial score (nSPS) is 18.8. The van der Waals surface area contributed by atoms with Crippen LogP contribution in [0.1, 0.15) is 0 Å². The second-order valence-electron chi connectivity index (χ2n) is 5.88. The Labute approximate surface area is 141 Å². The smallest absolute Gasteiger partial charge is 0.317 e. The van der Waals surface area contributed by atoms with Gasteiger partial charge >= 0.3 is 6.03 Å². The van der Waals surface area contributed by atoms with Crippen LogP contribution in [0.5, 0.6) is 0 Å². The number of fused-ring (bicyclic) bond motifs is 1. The van der Waals surface area contributed by atoms with E-state index in [0.717, 1.165) is 6.07 Å². The van der Waals surface area contributed by atoms with Gasteiger partial charge in [0.1, 0.15) is 11.3 Å². The summed E-state index contributed by atoms with van der Waals surface area (Å²) in [7, 11) is 0. The van der Waals surface area contributed by atoms with E-state index in [1.54, 1.807) is 4.90 Å². The first kappa shape index (κ1) is 15.5. The fraction of sp³-hybridized carbons (Fsp3) is 0.467. The molecule has 1 aromatic carbocycles. The fourth-order valence-corrected chi connectivity index (χ4v) is 3.86. The van der Waals surface area contributed by atoms with Gasteiger partial charge in [0.25, 0.3) is 0 Å². The minimum Gasteiger partial charge on any atom is -0.378 e. The number of ether oxygens (including phenoxy) is 1. The third kappa shape index (κ3) is 2.89. The van der Waals surface area contributed by atoms with Crippen LogP contribution >= 0.6 is 11.3 Å². The highest BCUT2D eigenvalue weighted by Crippen LogP contribution is 2.33. The first-order chi connectivity index (χ1) is 11.6. The number of hydrogen-bond donors (Lipinski definition) is 1. The topological polar surface area (TPSA) is 57.7 Å². The molecule has 0 unspecified atom stereocenters. The molecule has 9 heteroatoms. The van der Waals surface area contributed by atoms with E-state index in [9.17, 15) is 13.6 Å². The Hall–Kier alpha value is -2.00. The van der Waals surface area contributed by atoms with Gasteiger partial charge in [-0.25, -0.2) is 18.6 Å². The van der Waals surface area contributed by atoms with Crippen molar-refractivity contribution in [3.63, 3.8) is 0 Å². The number of amides is 2. The molecule has 2 saturated heterocycles. The Balaban J connectivity index is 1.37. The van der Waals surface area contributed by atoms with Gasteiger partial charge in [-0.15, -0.1) is 0 Å². The number of thiazole rings is 1. The summed E-state index contributed by atoms with van der Waals surface area (Å²) in [5, 5.41) is 3.62. The molecule has 1 aromatic heterocycles. The van der Waals surface area contributed by atoms with Crippen LogP contribution in [0.15, 0.2) is 12.1 Å². The van der Waals surface area contributed by atoms with E-state index in [0.29, 0.717) is 49.2 Å². The Morgan fingerprint density at radius 2 is 2.04 bits per heavy atom. The summed E-state index contributed by atoms with van der Waals surface area (Å²) in [5.41, 5.74) is 0.192. The maximum absolute atomic E-state index is 13.7. The van der Waals surface area contributed by atoms with E-state index < -0.39 is 11.6 Å². The van der Waals surface area contributed by atoms with Crippen molar-refractivity contribution in [1.29, 1.82) is 0 Å². The van der Waals surface area contributed by atoms with Crippen molar-refractivity contribution in [2.24, 2.45) is 0 Å². The van der Waals surface area contributed by atoms with Crippen LogP contribution in [0, 0.1) is 11.6 Å². The molecule has 2 aliphatic heterocycles. The summed E-state index contributed by atoms with van der Waals surface area (Å²) in [6.07, 6.45) is 0. The summed E-state index contributed by atoms with van der Waals surface area (Å²) in [6.45, 7) is 3.56. The van der Waals surface area contributed by atoms with Gasteiger partial charge < -0.3 is 19.9 Å². The number of benzene rings is 1. The molecule has 128 valence electrons. The largest absolute Gasteiger partial charge is 0.378 e.